The van der Waals surface area contributed by atoms with E-state index >= 15 is 0 Å². The molecule has 146 valence electrons. The van der Waals surface area contributed by atoms with Crippen molar-refractivity contribution in [3.8, 4) is 11.5 Å². The zero-order valence-electron chi connectivity index (χ0n) is 15.6. The van der Waals surface area contributed by atoms with E-state index in [0.717, 1.165) is 6.42 Å². The first-order chi connectivity index (χ1) is 12.7. The Kier molecular flexibility index (Phi) is 10.0. The lowest BCUT2D eigenvalue weighted by atomic mass is 10.1. The first kappa shape index (κ1) is 22.5. The Hall–Kier alpha value is -2.50. The number of nitrogens with two attached hydrogens (primary N) is 1. The maximum Gasteiger partial charge on any atom is 0.254 e. The molecular formula is C21H27ClN2O3. The normalized spacial score (nSPS) is 9.85. The van der Waals surface area contributed by atoms with Gasteiger partial charge in [0.25, 0.3) is 5.91 Å². The summed E-state index contributed by atoms with van der Waals surface area (Å²) in [4.78, 5) is 14.7. The Morgan fingerprint density at radius 3 is 2.52 bits per heavy atom. The van der Waals surface area contributed by atoms with Crippen LogP contribution in [0.1, 0.15) is 15.9 Å². The van der Waals surface area contributed by atoms with Gasteiger partial charge in [-0.2, -0.15) is 0 Å². The van der Waals surface area contributed by atoms with Gasteiger partial charge >= 0.3 is 0 Å². The van der Waals surface area contributed by atoms with Gasteiger partial charge in [-0.1, -0.05) is 43.0 Å². The molecule has 0 saturated heterocycles. The Labute approximate surface area is 167 Å². The highest BCUT2D eigenvalue weighted by Crippen LogP contribution is 2.28. The van der Waals surface area contributed by atoms with Crippen LogP contribution in [0.5, 0.6) is 11.5 Å². The van der Waals surface area contributed by atoms with E-state index in [1.165, 1.54) is 5.56 Å². The molecular weight excluding hydrogens is 364 g/mol. The summed E-state index contributed by atoms with van der Waals surface area (Å²) < 4.78 is 10.9. The van der Waals surface area contributed by atoms with E-state index in [1.807, 2.05) is 18.2 Å². The lowest BCUT2D eigenvalue weighted by molar-refractivity contribution is 0.0761. The third-order valence-electron chi connectivity index (χ3n) is 3.97. The van der Waals surface area contributed by atoms with Crippen LogP contribution in [0.15, 0.2) is 61.2 Å². The number of carbonyl (C=O) groups excluding carboxylic acids is 1. The molecule has 2 aromatic carbocycles. The van der Waals surface area contributed by atoms with E-state index < -0.39 is 0 Å². The molecule has 0 atom stereocenters. The quantitative estimate of drug-likeness (QED) is 0.632. The second-order valence-corrected chi connectivity index (χ2v) is 5.78. The summed E-state index contributed by atoms with van der Waals surface area (Å²) in [5.74, 6) is 1.03. The minimum atomic E-state index is -0.0695. The lowest BCUT2D eigenvalue weighted by Gasteiger charge is -2.22. The molecule has 2 N–H and O–H groups in total. The van der Waals surface area contributed by atoms with Crippen LogP contribution in [0.25, 0.3) is 0 Å². The predicted molar refractivity (Wildman–Crippen MR) is 111 cm³/mol. The van der Waals surface area contributed by atoms with Gasteiger partial charge in [0, 0.05) is 25.2 Å². The van der Waals surface area contributed by atoms with Crippen LogP contribution in [0, 0.1) is 0 Å². The van der Waals surface area contributed by atoms with Gasteiger partial charge in [0.05, 0.1) is 7.11 Å². The van der Waals surface area contributed by atoms with Gasteiger partial charge in [-0.05, 0) is 30.2 Å². The Morgan fingerprint density at radius 1 is 1.15 bits per heavy atom. The topological polar surface area (TPSA) is 64.8 Å². The number of carbonyl (C=O) groups is 1. The Bertz CT molecular complexity index is 723. The number of halogens is 1. The van der Waals surface area contributed by atoms with Gasteiger partial charge in [-0.3, -0.25) is 4.79 Å². The maximum absolute atomic E-state index is 12.9. The fraction of sp³-hybridized carbons (Fsp3) is 0.286. The number of rotatable bonds is 10. The molecule has 0 unspecified atom stereocenters. The largest absolute Gasteiger partial charge is 0.493 e. The highest BCUT2D eigenvalue weighted by atomic mass is 35.5. The van der Waals surface area contributed by atoms with Gasteiger partial charge in [0.1, 0.15) is 6.61 Å². The molecule has 2 rings (SSSR count). The summed E-state index contributed by atoms with van der Waals surface area (Å²) in [5.41, 5.74) is 7.44. The molecule has 0 fully saturated rings. The number of methoxy groups -OCH3 is 1. The van der Waals surface area contributed by atoms with Crippen LogP contribution in [0.3, 0.4) is 0 Å². The van der Waals surface area contributed by atoms with E-state index in [2.05, 4.69) is 18.7 Å². The summed E-state index contributed by atoms with van der Waals surface area (Å²) >= 11 is 0. The molecule has 0 aliphatic heterocycles. The summed E-state index contributed by atoms with van der Waals surface area (Å²) in [7, 11) is 1.55. The van der Waals surface area contributed by atoms with Crippen LogP contribution >= 0.6 is 12.4 Å². The monoisotopic (exact) mass is 390 g/mol. The molecule has 0 bridgehead atoms. The van der Waals surface area contributed by atoms with Crippen molar-refractivity contribution in [2.75, 3.05) is 33.4 Å². The zero-order chi connectivity index (χ0) is 18.8. The van der Waals surface area contributed by atoms with Crippen molar-refractivity contribution in [1.82, 2.24) is 4.90 Å². The van der Waals surface area contributed by atoms with Crippen molar-refractivity contribution >= 4 is 18.3 Å². The minimum absolute atomic E-state index is 0. The van der Waals surface area contributed by atoms with Gasteiger partial charge in [0.15, 0.2) is 11.5 Å². The van der Waals surface area contributed by atoms with Gasteiger partial charge in [0.2, 0.25) is 0 Å². The number of nitrogens with zero attached hydrogens (tertiary/aromatic N) is 1. The molecule has 27 heavy (non-hydrogen) atoms. The SMILES string of the molecule is C=CCOc1ccc(C(=O)N(CCN)CCc2ccccc2)cc1OC.Cl. The van der Waals surface area contributed by atoms with Gasteiger partial charge in [-0.25, -0.2) is 0 Å². The Morgan fingerprint density at radius 2 is 1.89 bits per heavy atom. The smallest absolute Gasteiger partial charge is 0.254 e. The van der Waals surface area contributed by atoms with Crippen LogP contribution in [0.4, 0.5) is 0 Å². The van der Waals surface area contributed by atoms with E-state index in [1.54, 1.807) is 36.3 Å². The molecule has 5 nitrogen and oxygen atoms in total. The van der Waals surface area contributed by atoms with Crippen molar-refractivity contribution in [3.63, 3.8) is 0 Å². The van der Waals surface area contributed by atoms with E-state index in [4.69, 9.17) is 15.2 Å². The minimum Gasteiger partial charge on any atom is -0.493 e. The van der Waals surface area contributed by atoms with Crippen molar-refractivity contribution in [3.05, 3.63) is 72.3 Å². The standard InChI is InChI=1S/C21H26N2O3.ClH/c1-3-15-26-19-10-9-18(16-20(19)25-2)21(24)23(14-12-22)13-11-17-7-5-4-6-8-17;/h3-10,16H,1,11-15,22H2,2H3;1H. The zero-order valence-corrected chi connectivity index (χ0v) is 16.4. The van der Waals surface area contributed by atoms with Crippen LogP contribution in [-0.2, 0) is 6.42 Å². The van der Waals surface area contributed by atoms with Crippen LogP contribution < -0.4 is 15.2 Å². The third kappa shape index (κ3) is 6.62. The fourth-order valence-corrected chi connectivity index (χ4v) is 2.63. The molecule has 0 spiro atoms. The first-order valence-electron chi connectivity index (χ1n) is 8.64. The van der Waals surface area contributed by atoms with E-state index in [0.29, 0.717) is 43.3 Å². The van der Waals surface area contributed by atoms with Crippen LogP contribution in [-0.4, -0.2) is 44.2 Å². The van der Waals surface area contributed by atoms with Crippen LogP contribution in [0.2, 0.25) is 0 Å². The molecule has 1 amide bonds. The maximum atomic E-state index is 12.9. The predicted octanol–water partition coefficient (Wildman–Crippen LogP) is 3.33. The lowest BCUT2D eigenvalue weighted by Crippen LogP contribution is -2.37. The number of benzene rings is 2. The average molecular weight is 391 g/mol. The van der Waals surface area contributed by atoms with E-state index in [9.17, 15) is 4.79 Å². The number of hydrogen-bond donors (Lipinski definition) is 1. The first-order valence-corrected chi connectivity index (χ1v) is 8.64. The molecule has 0 aromatic heterocycles. The number of hydrogen-bond acceptors (Lipinski definition) is 4. The third-order valence-corrected chi connectivity index (χ3v) is 3.97. The van der Waals surface area contributed by atoms with Gasteiger partial charge < -0.3 is 20.1 Å². The Balaban J connectivity index is 0.00000364. The van der Waals surface area contributed by atoms with Gasteiger partial charge in [-0.15, -0.1) is 12.4 Å². The summed E-state index contributed by atoms with van der Waals surface area (Å²) in [6.07, 6.45) is 2.44. The molecule has 6 heteroatoms. The molecule has 0 aliphatic carbocycles. The number of ether oxygens (including phenoxy) is 2. The number of amides is 1. The molecule has 0 radical (unpaired) electrons. The van der Waals surface area contributed by atoms with Crippen molar-refractivity contribution < 1.29 is 14.3 Å². The molecule has 0 saturated carbocycles. The summed E-state index contributed by atoms with van der Waals surface area (Å²) in [6.45, 7) is 5.53. The molecule has 0 aliphatic rings. The van der Waals surface area contributed by atoms with Crippen molar-refractivity contribution in [2.45, 2.75) is 6.42 Å². The van der Waals surface area contributed by atoms with E-state index in [-0.39, 0.29) is 18.3 Å². The average Bonchev–Trinajstić information content (AvgIpc) is 2.69. The second-order valence-electron chi connectivity index (χ2n) is 5.78. The highest BCUT2D eigenvalue weighted by molar-refractivity contribution is 5.95. The van der Waals surface area contributed by atoms with Crippen molar-refractivity contribution in [2.24, 2.45) is 5.73 Å². The highest BCUT2D eigenvalue weighted by Gasteiger charge is 2.17. The summed E-state index contributed by atoms with van der Waals surface area (Å²) in [6, 6.07) is 15.3. The second kappa shape index (κ2) is 12.0. The molecule has 2 aromatic rings. The fourth-order valence-electron chi connectivity index (χ4n) is 2.63. The molecule has 0 heterocycles. The summed E-state index contributed by atoms with van der Waals surface area (Å²) in [5, 5.41) is 0. The van der Waals surface area contributed by atoms with Crippen molar-refractivity contribution in [1.29, 1.82) is 0 Å².